The molecule has 1 fully saturated rings. The lowest BCUT2D eigenvalue weighted by molar-refractivity contribution is -0.349. The highest BCUT2D eigenvalue weighted by atomic mass is 19.4. The smallest absolute Gasteiger partial charge is 0.443 e. The second-order valence-corrected chi connectivity index (χ2v) is 4.93. The largest absolute Gasteiger partial charge is 0.456 e. The van der Waals surface area contributed by atoms with Gasteiger partial charge in [0.15, 0.2) is 0 Å². The Labute approximate surface area is 103 Å². The summed E-state index contributed by atoms with van der Waals surface area (Å²) < 4.78 is 47.0. The Morgan fingerprint density at radius 2 is 2.11 bits per heavy atom. The molecule has 106 valence electrons. The van der Waals surface area contributed by atoms with Gasteiger partial charge in [0.25, 0.3) is 5.79 Å². The fourth-order valence-corrected chi connectivity index (χ4v) is 1.64. The molecule has 0 aliphatic carbocycles. The number of alkyl halides is 3. The third kappa shape index (κ3) is 2.95. The zero-order chi connectivity index (χ0) is 14.2. The van der Waals surface area contributed by atoms with Crippen LogP contribution in [0.2, 0.25) is 0 Å². The molecule has 0 saturated carbocycles. The van der Waals surface area contributed by atoms with Gasteiger partial charge in [0, 0.05) is 0 Å². The van der Waals surface area contributed by atoms with Crippen molar-refractivity contribution in [3.63, 3.8) is 0 Å². The van der Waals surface area contributed by atoms with Crippen molar-refractivity contribution in [2.75, 3.05) is 6.61 Å². The lowest BCUT2D eigenvalue weighted by Gasteiger charge is -2.27. The topological polar surface area (TPSA) is 55.8 Å². The quantitative estimate of drug-likeness (QED) is 0.797. The summed E-state index contributed by atoms with van der Waals surface area (Å²) in [6.07, 6.45) is -5.20. The van der Waals surface area contributed by atoms with Gasteiger partial charge in [-0.25, -0.2) is 0 Å². The van der Waals surface area contributed by atoms with Gasteiger partial charge >= 0.3 is 12.1 Å². The first kappa shape index (κ1) is 15.2. The number of rotatable bonds is 3. The van der Waals surface area contributed by atoms with E-state index in [-0.39, 0.29) is 0 Å². The predicted molar refractivity (Wildman–Crippen MR) is 55.5 cm³/mol. The Morgan fingerprint density at radius 1 is 1.56 bits per heavy atom. The van der Waals surface area contributed by atoms with Crippen LogP contribution < -0.4 is 0 Å². The zero-order valence-corrected chi connectivity index (χ0v) is 10.5. The second-order valence-electron chi connectivity index (χ2n) is 4.93. The van der Waals surface area contributed by atoms with Crippen molar-refractivity contribution in [1.82, 2.24) is 0 Å². The Hall–Kier alpha value is -0.820. The van der Waals surface area contributed by atoms with Gasteiger partial charge in [0.05, 0.1) is 18.9 Å². The van der Waals surface area contributed by atoms with E-state index in [1.165, 1.54) is 6.92 Å². The number of carbonyl (C=O) groups is 1. The molecule has 0 aromatic heterocycles. The van der Waals surface area contributed by atoms with Gasteiger partial charge < -0.3 is 14.6 Å². The van der Waals surface area contributed by atoms with Crippen LogP contribution in [0.4, 0.5) is 13.2 Å². The summed E-state index contributed by atoms with van der Waals surface area (Å²) in [7, 11) is 0. The molecule has 1 aliphatic heterocycles. The van der Waals surface area contributed by atoms with Gasteiger partial charge in [-0.2, -0.15) is 13.2 Å². The van der Waals surface area contributed by atoms with Crippen LogP contribution in [-0.2, 0) is 14.3 Å². The van der Waals surface area contributed by atoms with Crippen molar-refractivity contribution < 1.29 is 32.5 Å². The number of esters is 1. The summed E-state index contributed by atoms with van der Waals surface area (Å²) in [5.41, 5.74) is -1.45. The van der Waals surface area contributed by atoms with Gasteiger partial charge in [-0.15, -0.1) is 0 Å². The number of hydrogen-bond acceptors (Lipinski definition) is 4. The minimum absolute atomic E-state index is 0.401. The van der Waals surface area contributed by atoms with Crippen molar-refractivity contribution in [3.8, 4) is 0 Å². The minimum Gasteiger partial charge on any atom is -0.456 e. The maximum absolute atomic E-state index is 12.5. The highest BCUT2D eigenvalue weighted by Crippen LogP contribution is 2.44. The molecule has 0 radical (unpaired) electrons. The molecule has 1 rings (SSSR count). The van der Waals surface area contributed by atoms with Crippen LogP contribution in [0.5, 0.6) is 0 Å². The van der Waals surface area contributed by atoms with E-state index in [4.69, 9.17) is 4.74 Å². The van der Waals surface area contributed by atoms with E-state index in [0.29, 0.717) is 6.42 Å². The Kier molecular flexibility index (Phi) is 3.97. The van der Waals surface area contributed by atoms with Crippen LogP contribution in [0, 0.1) is 5.92 Å². The van der Waals surface area contributed by atoms with Crippen LogP contribution in [0.15, 0.2) is 0 Å². The van der Waals surface area contributed by atoms with E-state index < -0.39 is 42.5 Å². The van der Waals surface area contributed by atoms with Crippen molar-refractivity contribution in [1.29, 1.82) is 0 Å². The summed E-state index contributed by atoms with van der Waals surface area (Å²) in [5.74, 6) is -4.23. The number of halogens is 3. The molecular weight excluding hydrogens is 253 g/mol. The number of carbonyl (C=O) groups excluding carboxylic acids is 1. The molecule has 1 heterocycles. The average Bonchev–Trinajstić information content (AvgIpc) is 2.54. The highest BCUT2D eigenvalue weighted by Gasteiger charge is 2.63. The molecule has 0 bridgehead atoms. The second kappa shape index (κ2) is 4.70. The first-order valence-corrected chi connectivity index (χ1v) is 5.69. The lowest BCUT2D eigenvalue weighted by atomic mass is 9.99. The molecule has 0 amide bonds. The summed E-state index contributed by atoms with van der Waals surface area (Å²) in [6, 6.07) is 0. The van der Waals surface area contributed by atoms with E-state index in [1.54, 1.807) is 13.8 Å². The van der Waals surface area contributed by atoms with Gasteiger partial charge in [0.1, 0.15) is 5.60 Å². The van der Waals surface area contributed by atoms with Gasteiger partial charge in [-0.1, -0.05) is 13.8 Å². The number of aliphatic hydroxyl groups is 1. The van der Waals surface area contributed by atoms with E-state index in [1.807, 2.05) is 0 Å². The van der Waals surface area contributed by atoms with E-state index >= 15 is 0 Å². The van der Waals surface area contributed by atoms with Crippen molar-refractivity contribution in [2.45, 2.75) is 51.2 Å². The summed E-state index contributed by atoms with van der Waals surface area (Å²) >= 11 is 0. The molecule has 1 N–H and O–H groups in total. The zero-order valence-electron chi connectivity index (χ0n) is 10.5. The molecule has 1 saturated heterocycles. The number of ether oxygens (including phenoxy) is 2. The van der Waals surface area contributed by atoms with Crippen LogP contribution >= 0.6 is 0 Å². The van der Waals surface area contributed by atoms with Gasteiger partial charge in [-0.3, -0.25) is 4.79 Å². The molecule has 0 aromatic carbocycles. The van der Waals surface area contributed by atoms with Crippen LogP contribution in [0.3, 0.4) is 0 Å². The van der Waals surface area contributed by atoms with E-state index in [2.05, 4.69) is 4.74 Å². The Bertz CT molecular complexity index is 331. The minimum atomic E-state index is -4.91. The third-order valence-electron chi connectivity index (χ3n) is 3.03. The van der Waals surface area contributed by atoms with Crippen molar-refractivity contribution in [2.24, 2.45) is 5.92 Å². The molecule has 7 heteroatoms. The fourth-order valence-electron chi connectivity index (χ4n) is 1.64. The standard InChI is InChI=1S/C11H17F3O4/c1-4-7(2)8(15)18-9(3)5-10(16,17-6-9)11(12,13)14/h7,16H,4-6H2,1-3H3. The maximum Gasteiger partial charge on any atom is 0.443 e. The summed E-state index contributed by atoms with van der Waals surface area (Å²) in [5, 5.41) is 9.33. The summed E-state index contributed by atoms with van der Waals surface area (Å²) in [6.45, 7) is 4.23. The molecule has 3 unspecified atom stereocenters. The predicted octanol–water partition coefficient (Wildman–Crippen LogP) is 2.01. The monoisotopic (exact) mass is 270 g/mol. The SMILES string of the molecule is CCC(C)C(=O)OC1(C)COC(O)(C(F)(F)F)C1. The van der Waals surface area contributed by atoms with Gasteiger partial charge in [0.2, 0.25) is 0 Å². The molecular formula is C11H17F3O4. The molecule has 1 aliphatic rings. The summed E-state index contributed by atoms with van der Waals surface area (Å²) in [4.78, 5) is 11.6. The van der Waals surface area contributed by atoms with Crippen LogP contribution in [-0.4, -0.2) is 35.2 Å². The van der Waals surface area contributed by atoms with Crippen LogP contribution in [0.1, 0.15) is 33.6 Å². The average molecular weight is 270 g/mol. The Morgan fingerprint density at radius 3 is 2.50 bits per heavy atom. The Balaban J connectivity index is 2.72. The molecule has 4 nitrogen and oxygen atoms in total. The normalized spacial score (nSPS) is 34.4. The lowest BCUT2D eigenvalue weighted by Crippen LogP contribution is -2.46. The number of hydrogen-bond donors (Lipinski definition) is 1. The molecule has 0 spiro atoms. The first-order chi connectivity index (χ1) is 8.03. The van der Waals surface area contributed by atoms with Gasteiger partial charge in [-0.05, 0) is 13.3 Å². The third-order valence-corrected chi connectivity index (χ3v) is 3.03. The maximum atomic E-state index is 12.5. The van der Waals surface area contributed by atoms with Crippen molar-refractivity contribution >= 4 is 5.97 Å². The van der Waals surface area contributed by atoms with Crippen LogP contribution in [0.25, 0.3) is 0 Å². The molecule has 0 aromatic rings. The fraction of sp³-hybridized carbons (Fsp3) is 0.909. The molecule has 18 heavy (non-hydrogen) atoms. The van der Waals surface area contributed by atoms with E-state index in [0.717, 1.165) is 0 Å². The van der Waals surface area contributed by atoms with Crippen molar-refractivity contribution in [3.05, 3.63) is 0 Å². The van der Waals surface area contributed by atoms with E-state index in [9.17, 15) is 23.1 Å². The molecule has 3 atom stereocenters. The highest BCUT2D eigenvalue weighted by molar-refractivity contribution is 5.72. The first-order valence-electron chi connectivity index (χ1n) is 5.69.